The third-order valence-electron chi connectivity index (χ3n) is 19.9. The number of nitrogens with two attached hydrogens (primary N) is 6. The lowest BCUT2D eigenvalue weighted by Gasteiger charge is -2.60. The molecule has 526 valence electrons. The number of likely N-dealkylation sites (tertiary alicyclic amines) is 3. The molecule has 3 saturated heterocycles. The van der Waals surface area contributed by atoms with Crippen molar-refractivity contribution < 1.29 is 42.9 Å². The van der Waals surface area contributed by atoms with E-state index in [0.717, 1.165) is 44.3 Å². The number of hydrogen-bond donors (Lipinski definition) is 6. The van der Waals surface area contributed by atoms with E-state index >= 15 is 0 Å². The Kier molecular flexibility index (Phi) is 18.5. The minimum absolute atomic E-state index is 0.0214. The lowest BCUT2D eigenvalue weighted by Crippen LogP contribution is -2.65. The molecule has 0 bridgehead atoms. The van der Waals surface area contributed by atoms with Crippen molar-refractivity contribution in [3.8, 4) is 86.1 Å². The lowest BCUT2D eigenvalue weighted by atomic mass is 9.60. The minimum Gasteiger partial charge on any atom is -0.471 e. The van der Waals surface area contributed by atoms with Crippen molar-refractivity contribution >= 4 is 47.0 Å². The van der Waals surface area contributed by atoms with Crippen LogP contribution in [0.15, 0.2) is 165 Å². The van der Waals surface area contributed by atoms with Crippen LogP contribution >= 0.6 is 0 Å². The Hall–Kier alpha value is -12.3. The average Bonchev–Trinajstić information content (AvgIpc) is 1.71. The topological polar surface area (TPSA) is 371 Å². The SMILES string of the molecule is C=CC(Oc1cccc(Oc2ccc(-c3nn(C4CCN(C(=O)C#CC)CC4)c(N)c3C(N)=O)cn2)c1)N1CC2(CC(n3nc(-c4ccc(Oc5cccc(CN(C)C/C=C/C(=O)N6CC7(CC(n8nc(-c9ccc(Oc%10ccccc%10)cc9)c(C(N)=O)c8N)C7)C6)c5)nc4)c(C(N)=O)c3N)C2)C1. The molecule has 27 nitrogen and oxygen atoms in total. The van der Waals surface area contributed by atoms with Gasteiger partial charge >= 0.3 is 0 Å². The van der Waals surface area contributed by atoms with Crippen molar-refractivity contribution in [2.24, 2.45) is 28.0 Å². The Morgan fingerprint density at radius 3 is 1.59 bits per heavy atom. The van der Waals surface area contributed by atoms with Crippen molar-refractivity contribution in [2.75, 3.05) is 70.1 Å². The quantitative estimate of drug-likeness (QED) is 0.0187. The second-order valence-electron chi connectivity index (χ2n) is 27.3. The van der Waals surface area contributed by atoms with E-state index in [4.69, 9.17) is 68.6 Å². The van der Waals surface area contributed by atoms with Gasteiger partial charge in [0.25, 0.3) is 23.6 Å². The number of primary amides is 3. The van der Waals surface area contributed by atoms with E-state index < -0.39 is 23.9 Å². The number of aromatic nitrogens is 8. The number of para-hydroxylation sites is 1. The first-order chi connectivity index (χ1) is 49.7. The van der Waals surface area contributed by atoms with Crippen molar-refractivity contribution in [3.05, 3.63) is 187 Å². The smallest absolute Gasteiger partial charge is 0.298 e. The number of likely N-dealkylation sites (N-methyl/N-ethyl adjacent to an activating group) is 1. The molecule has 0 radical (unpaired) electrons. The molecule has 1 unspecified atom stereocenters. The molecule has 9 aromatic rings. The monoisotopic (exact) mass is 1390 g/mol. The van der Waals surface area contributed by atoms with Crippen LogP contribution in [0.3, 0.4) is 0 Å². The van der Waals surface area contributed by atoms with Crippen LogP contribution in [0.2, 0.25) is 0 Å². The first-order valence-corrected chi connectivity index (χ1v) is 34.0. The Morgan fingerprint density at radius 1 is 0.583 bits per heavy atom. The van der Waals surface area contributed by atoms with E-state index in [9.17, 15) is 24.0 Å². The molecule has 5 fully saturated rings. The van der Waals surface area contributed by atoms with Crippen LogP contribution in [0.25, 0.3) is 33.8 Å². The summed E-state index contributed by atoms with van der Waals surface area (Å²) >= 11 is 0. The van der Waals surface area contributed by atoms with E-state index in [2.05, 4.69) is 38.2 Å². The Morgan fingerprint density at radius 2 is 1.07 bits per heavy atom. The first-order valence-electron chi connectivity index (χ1n) is 34.0. The molecule has 8 heterocycles. The Labute approximate surface area is 593 Å². The van der Waals surface area contributed by atoms with E-state index in [0.29, 0.717) is 121 Å². The van der Waals surface area contributed by atoms with Gasteiger partial charge in [0.05, 0.1) is 18.1 Å². The van der Waals surface area contributed by atoms with Gasteiger partial charge in [0, 0.05) is 117 Å². The highest BCUT2D eigenvalue weighted by molar-refractivity contribution is 6.05. The van der Waals surface area contributed by atoms with Gasteiger partial charge in [-0.15, -0.1) is 0 Å². The van der Waals surface area contributed by atoms with Crippen LogP contribution in [0.4, 0.5) is 17.5 Å². The van der Waals surface area contributed by atoms with Crippen molar-refractivity contribution in [2.45, 2.75) is 76.3 Å². The fraction of sp³-hybridized carbons (Fsp3) is 0.289. The summed E-state index contributed by atoms with van der Waals surface area (Å²) in [5.74, 6) is 7.04. The zero-order chi connectivity index (χ0) is 71.8. The van der Waals surface area contributed by atoms with Crippen LogP contribution < -0.4 is 53.3 Å². The molecule has 103 heavy (non-hydrogen) atoms. The number of carbonyl (C=O) groups is 5. The molecule has 2 aliphatic carbocycles. The fourth-order valence-electron chi connectivity index (χ4n) is 14.9. The van der Waals surface area contributed by atoms with Gasteiger partial charge in [-0.1, -0.05) is 55.0 Å². The summed E-state index contributed by atoms with van der Waals surface area (Å²) < 4.78 is 29.8. The van der Waals surface area contributed by atoms with Gasteiger partial charge in [0.1, 0.15) is 80.0 Å². The number of ether oxygens (including phenoxy) is 4. The van der Waals surface area contributed by atoms with Crippen molar-refractivity contribution in [1.29, 1.82) is 0 Å². The lowest BCUT2D eigenvalue weighted by molar-refractivity contribution is -0.149. The molecule has 2 spiro atoms. The maximum Gasteiger partial charge on any atom is 0.298 e. The zero-order valence-electron chi connectivity index (χ0n) is 56.9. The standard InChI is InChI=1S/C76H78N18O9/c1-4-12-60(95)89-31-28-50(29-32-89)92-69(77)64(73(81)98)67(86-92)48-23-27-59(84-39-48)102-56-17-10-18-57(34-56)103-62(5-2)91-44-76(45-91)37-52(38-76)94-71(79)65(74(82)99)68(87-94)49-22-26-58(83-40-49)101-55-16-9-13-46(33-55)41-88(3)30-11-19-61(96)90-42-75(43-90)35-51(36-75)93-70(78)63(72(80)97)66(85-93)47-20-24-54(25-21-47)100-53-14-7-6-8-15-53/h5-11,13-27,33-34,39-40,50-52,62H,2,28-32,35-38,41-45,77-79H2,1,3H3,(H2,80,97)(H2,81,98)(H2,82,99)/b19-11+. The van der Waals surface area contributed by atoms with Gasteiger partial charge in [0.2, 0.25) is 17.7 Å². The van der Waals surface area contributed by atoms with E-state index in [1.54, 1.807) is 86.8 Å². The molecule has 27 heteroatoms. The number of nitrogens with zero attached hydrogens (tertiary/aromatic N) is 12. The third kappa shape index (κ3) is 13.9. The molecule has 3 aliphatic heterocycles. The minimum atomic E-state index is -0.720. The van der Waals surface area contributed by atoms with Gasteiger partial charge in [0.15, 0.2) is 6.23 Å². The number of anilines is 3. The molecule has 2 saturated carbocycles. The second-order valence-corrected chi connectivity index (χ2v) is 27.3. The third-order valence-corrected chi connectivity index (χ3v) is 19.9. The van der Waals surface area contributed by atoms with Crippen LogP contribution in [-0.2, 0) is 16.1 Å². The molecule has 5 aromatic heterocycles. The number of amides is 5. The summed E-state index contributed by atoms with van der Waals surface area (Å²) in [5.41, 5.74) is 41.5. The maximum atomic E-state index is 13.3. The summed E-state index contributed by atoms with van der Waals surface area (Å²) in [6.07, 6.45) is 12.2. The van der Waals surface area contributed by atoms with Gasteiger partial charge in [-0.3, -0.25) is 33.8 Å². The molecular weight excluding hydrogens is 1310 g/mol. The van der Waals surface area contributed by atoms with Crippen molar-refractivity contribution in [1.82, 2.24) is 58.9 Å². The van der Waals surface area contributed by atoms with Crippen molar-refractivity contribution in [3.63, 3.8) is 0 Å². The summed E-state index contributed by atoms with van der Waals surface area (Å²) in [7, 11) is 1.98. The van der Waals surface area contributed by atoms with Gasteiger partial charge < -0.3 is 63.1 Å². The molecule has 12 N–H and O–H groups in total. The number of rotatable bonds is 24. The fourth-order valence-corrected chi connectivity index (χ4v) is 14.9. The largest absolute Gasteiger partial charge is 0.471 e. The number of pyridine rings is 2. The Bertz CT molecular complexity index is 4830. The normalized spacial score (nSPS) is 16.6. The molecule has 1 atom stereocenters. The summed E-state index contributed by atoms with van der Waals surface area (Å²) in [6.45, 7) is 10.5. The Balaban J connectivity index is 0.524. The number of benzene rings is 4. The molecule has 5 aliphatic rings. The number of carbonyl (C=O) groups excluding carboxylic acids is 5. The van der Waals surface area contributed by atoms with Crippen LogP contribution in [-0.4, -0.2) is 148 Å². The summed E-state index contributed by atoms with van der Waals surface area (Å²) in [6, 6.07) is 38.3. The second kappa shape index (κ2) is 28.0. The van der Waals surface area contributed by atoms with E-state index in [1.807, 2.05) is 109 Å². The highest BCUT2D eigenvalue weighted by Crippen LogP contribution is 2.57. The molecule has 5 amide bonds. The van der Waals surface area contributed by atoms with Gasteiger partial charge in [-0.05, 0) is 143 Å². The summed E-state index contributed by atoms with van der Waals surface area (Å²) in [5, 5.41) is 14.4. The predicted molar refractivity (Wildman–Crippen MR) is 385 cm³/mol. The number of hydrogen-bond acceptors (Lipinski definition) is 19. The van der Waals surface area contributed by atoms with Crippen LogP contribution in [0, 0.1) is 22.7 Å². The summed E-state index contributed by atoms with van der Waals surface area (Å²) in [4.78, 5) is 80.9. The predicted octanol–water partition coefficient (Wildman–Crippen LogP) is 8.75. The first kappa shape index (κ1) is 67.9. The zero-order valence-corrected chi connectivity index (χ0v) is 56.9. The van der Waals surface area contributed by atoms with Crippen LogP contribution in [0.5, 0.6) is 40.5 Å². The van der Waals surface area contributed by atoms with Gasteiger partial charge in [-0.25, -0.2) is 24.0 Å². The average molecular weight is 1390 g/mol. The highest BCUT2D eigenvalue weighted by atomic mass is 16.5. The van der Waals surface area contributed by atoms with E-state index in [-0.39, 0.29) is 80.8 Å². The number of piperidine rings is 1. The maximum absolute atomic E-state index is 13.3. The van der Waals surface area contributed by atoms with E-state index in [1.165, 1.54) is 0 Å². The highest BCUT2D eigenvalue weighted by Gasteiger charge is 2.56. The molecule has 14 rings (SSSR count). The molecular formula is C76H78N18O9. The van der Waals surface area contributed by atoms with Gasteiger partial charge in [-0.2, -0.15) is 15.3 Å². The molecule has 4 aromatic carbocycles. The number of nitrogen functional groups attached to an aromatic ring is 3. The van der Waals surface area contributed by atoms with Crippen LogP contribution in [0.1, 0.15) is 100 Å².